The second-order valence-electron chi connectivity index (χ2n) is 7.07. The molecule has 0 radical (unpaired) electrons. The first-order valence-electron chi connectivity index (χ1n) is 9.60. The zero-order chi connectivity index (χ0) is 26.6. The Morgan fingerprint density at radius 2 is 1.17 bits per heavy atom. The van der Waals surface area contributed by atoms with Gasteiger partial charge < -0.3 is 25.3 Å². The SMILES string of the molecule is Cn1c(=O)c2[nH]cnc2n(C)c1=O.Cn1c(=O)c2[nH]cnc2n(C)c1=O.O=C(O)CC(O)C(=O)O. The Morgan fingerprint density at radius 1 is 0.800 bits per heavy atom. The fraction of sp³-hybridized carbons (Fsp3) is 0.333. The molecule has 0 amide bonds. The van der Waals surface area contributed by atoms with E-state index in [2.05, 4.69) is 19.9 Å². The minimum atomic E-state index is -1.79. The number of rotatable bonds is 3. The van der Waals surface area contributed by atoms with Gasteiger partial charge in [0.1, 0.15) is 11.0 Å². The first kappa shape index (κ1) is 26.5. The van der Waals surface area contributed by atoms with Crippen molar-refractivity contribution in [2.75, 3.05) is 0 Å². The number of aryl methyl sites for hydroxylation is 2. The largest absolute Gasteiger partial charge is 0.481 e. The Bertz CT molecular complexity index is 1530. The van der Waals surface area contributed by atoms with Gasteiger partial charge in [0.05, 0.1) is 19.1 Å². The van der Waals surface area contributed by atoms with E-state index >= 15 is 0 Å². The monoisotopic (exact) mass is 494 g/mol. The van der Waals surface area contributed by atoms with Crippen molar-refractivity contribution < 1.29 is 24.9 Å². The minimum absolute atomic E-state index is 0.351. The zero-order valence-electron chi connectivity index (χ0n) is 18.9. The smallest absolute Gasteiger partial charge is 0.333 e. The molecule has 0 saturated carbocycles. The van der Waals surface area contributed by atoms with Crippen LogP contribution in [0.5, 0.6) is 0 Å². The van der Waals surface area contributed by atoms with Crippen LogP contribution in [0.3, 0.4) is 0 Å². The number of aliphatic carboxylic acids is 2. The summed E-state index contributed by atoms with van der Waals surface area (Å²) in [6, 6.07) is 0. The topological polar surface area (TPSA) is 240 Å². The Kier molecular flexibility index (Phi) is 7.88. The number of aliphatic hydroxyl groups is 1. The number of H-pyrrole nitrogens is 2. The van der Waals surface area contributed by atoms with Gasteiger partial charge in [0.2, 0.25) is 0 Å². The molecule has 0 aromatic carbocycles. The number of aromatic amines is 2. The molecule has 1 unspecified atom stereocenters. The number of aliphatic hydroxyl groups excluding tert-OH is 1. The van der Waals surface area contributed by atoms with Crippen LogP contribution in [0.1, 0.15) is 6.42 Å². The molecule has 0 bridgehead atoms. The summed E-state index contributed by atoms with van der Waals surface area (Å²) in [6.45, 7) is 0. The third-order valence-corrected chi connectivity index (χ3v) is 4.71. The molecule has 17 heteroatoms. The van der Waals surface area contributed by atoms with Gasteiger partial charge in [-0.3, -0.25) is 32.7 Å². The van der Waals surface area contributed by atoms with Crippen LogP contribution >= 0.6 is 0 Å². The van der Waals surface area contributed by atoms with Gasteiger partial charge in [0.25, 0.3) is 11.1 Å². The molecule has 188 valence electrons. The number of carboxylic acid groups (broad SMARTS) is 2. The van der Waals surface area contributed by atoms with Gasteiger partial charge >= 0.3 is 23.3 Å². The van der Waals surface area contributed by atoms with Crippen molar-refractivity contribution in [2.24, 2.45) is 28.2 Å². The number of nitrogens with one attached hydrogen (secondary N) is 2. The summed E-state index contributed by atoms with van der Waals surface area (Å²) in [4.78, 5) is 78.2. The molecule has 0 aliphatic carbocycles. The van der Waals surface area contributed by atoms with Gasteiger partial charge in [-0.25, -0.2) is 24.4 Å². The lowest BCUT2D eigenvalue weighted by Crippen LogP contribution is -2.36. The molecular formula is C18H22N8O9. The Balaban J connectivity index is 0.000000190. The predicted octanol–water partition coefficient (Wildman–Crippen LogP) is -3.17. The van der Waals surface area contributed by atoms with Gasteiger partial charge in [-0.05, 0) is 0 Å². The van der Waals surface area contributed by atoms with E-state index < -0.39 is 24.5 Å². The number of fused-ring (bicyclic) bond motifs is 2. The van der Waals surface area contributed by atoms with E-state index in [0.717, 1.165) is 9.13 Å². The van der Waals surface area contributed by atoms with Gasteiger partial charge in [0.15, 0.2) is 17.4 Å². The van der Waals surface area contributed by atoms with Crippen LogP contribution in [0, 0.1) is 0 Å². The molecule has 4 heterocycles. The highest BCUT2D eigenvalue weighted by molar-refractivity contribution is 5.79. The van der Waals surface area contributed by atoms with E-state index in [1.165, 1.54) is 35.9 Å². The van der Waals surface area contributed by atoms with E-state index in [0.29, 0.717) is 22.3 Å². The molecule has 0 spiro atoms. The number of aromatic nitrogens is 8. The summed E-state index contributed by atoms with van der Waals surface area (Å²) >= 11 is 0. The summed E-state index contributed by atoms with van der Waals surface area (Å²) in [6.07, 6.45) is 0.245. The van der Waals surface area contributed by atoms with Crippen molar-refractivity contribution >= 4 is 34.3 Å². The lowest BCUT2D eigenvalue weighted by Gasteiger charge is -2.00. The fourth-order valence-electron chi connectivity index (χ4n) is 2.79. The summed E-state index contributed by atoms with van der Waals surface area (Å²) < 4.78 is 4.74. The first-order valence-corrected chi connectivity index (χ1v) is 9.60. The highest BCUT2D eigenvalue weighted by atomic mass is 16.4. The van der Waals surface area contributed by atoms with E-state index in [4.69, 9.17) is 15.3 Å². The number of carbonyl (C=O) groups is 2. The highest BCUT2D eigenvalue weighted by Gasteiger charge is 2.16. The molecular weight excluding hydrogens is 472 g/mol. The van der Waals surface area contributed by atoms with Crippen LogP contribution in [0.4, 0.5) is 0 Å². The average Bonchev–Trinajstić information content (AvgIpc) is 3.49. The molecule has 4 rings (SSSR count). The van der Waals surface area contributed by atoms with E-state index in [-0.39, 0.29) is 22.5 Å². The quantitative estimate of drug-likeness (QED) is 0.190. The third-order valence-electron chi connectivity index (χ3n) is 4.71. The molecule has 4 aromatic heterocycles. The molecule has 17 nitrogen and oxygen atoms in total. The van der Waals surface area contributed by atoms with E-state index in [9.17, 15) is 28.8 Å². The molecule has 0 aliphatic heterocycles. The first-order chi connectivity index (χ1) is 16.3. The van der Waals surface area contributed by atoms with Crippen molar-refractivity contribution in [1.29, 1.82) is 0 Å². The molecule has 0 fully saturated rings. The van der Waals surface area contributed by atoms with Crippen molar-refractivity contribution in [3.8, 4) is 0 Å². The maximum atomic E-state index is 11.4. The van der Waals surface area contributed by atoms with Crippen LogP contribution in [-0.4, -0.2) is 71.6 Å². The van der Waals surface area contributed by atoms with Crippen molar-refractivity contribution in [2.45, 2.75) is 12.5 Å². The Labute approximate surface area is 193 Å². The number of hydrogen-bond donors (Lipinski definition) is 5. The van der Waals surface area contributed by atoms with Gasteiger partial charge in [-0.2, -0.15) is 0 Å². The Morgan fingerprint density at radius 3 is 1.46 bits per heavy atom. The van der Waals surface area contributed by atoms with Crippen molar-refractivity contribution in [3.05, 3.63) is 54.3 Å². The summed E-state index contributed by atoms with van der Waals surface area (Å²) in [5.74, 6) is -2.85. The summed E-state index contributed by atoms with van der Waals surface area (Å²) in [5, 5.41) is 24.1. The normalized spacial score (nSPS) is 11.3. The van der Waals surface area contributed by atoms with Crippen molar-refractivity contribution in [1.82, 2.24) is 38.2 Å². The second-order valence-corrected chi connectivity index (χ2v) is 7.07. The molecule has 4 aromatic rings. The maximum Gasteiger partial charge on any atom is 0.333 e. The van der Waals surface area contributed by atoms with Crippen LogP contribution in [0.15, 0.2) is 31.8 Å². The number of carboxylic acids is 2. The van der Waals surface area contributed by atoms with Crippen LogP contribution < -0.4 is 22.5 Å². The van der Waals surface area contributed by atoms with Crippen LogP contribution in [0.2, 0.25) is 0 Å². The van der Waals surface area contributed by atoms with E-state index in [1.54, 1.807) is 14.1 Å². The molecule has 35 heavy (non-hydrogen) atoms. The molecule has 5 N–H and O–H groups in total. The van der Waals surface area contributed by atoms with Crippen molar-refractivity contribution in [3.63, 3.8) is 0 Å². The lowest BCUT2D eigenvalue weighted by molar-refractivity contribution is -0.152. The standard InChI is InChI=1S/2C7H8N4O2.C4H6O5/c2*1-10-5-4(8-3-9-5)6(12)11(2)7(10)13;5-2(4(8)9)1-3(6)7/h2*3H,1-2H3,(H,8,9);2,5H,1H2,(H,6,7)(H,8,9). The summed E-state index contributed by atoms with van der Waals surface area (Å²) in [5.41, 5.74) is 0.0239. The van der Waals surface area contributed by atoms with Crippen LogP contribution in [0.25, 0.3) is 22.3 Å². The van der Waals surface area contributed by atoms with E-state index in [1.807, 2.05) is 0 Å². The number of imidazole rings is 2. The fourth-order valence-corrected chi connectivity index (χ4v) is 2.79. The molecule has 1 atom stereocenters. The second kappa shape index (κ2) is 10.4. The molecule has 0 aliphatic rings. The maximum absolute atomic E-state index is 11.4. The van der Waals surface area contributed by atoms with Crippen LogP contribution in [-0.2, 0) is 37.8 Å². The average molecular weight is 494 g/mol. The highest BCUT2D eigenvalue weighted by Crippen LogP contribution is 1.98. The number of nitrogens with zero attached hydrogens (tertiary/aromatic N) is 6. The number of hydrogen-bond acceptors (Lipinski definition) is 9. The third kappa shape index (κ3) is 5.41. The minimum Gasteiger partial charge on any atom is -0.481 e. The molecule has 0 saturated heterocycles. The van der Waals surface area contributed by atoms with Gasteiger partial charge in [-0.15, -0.1) is 0 Å². The summed E-state index contributed by atoms with van der Waals surface area (Å²) in [7, 11) is 6.02. The Hall–Kier alpha value is -4.80. The predicted molar refractivity (Wildman–Crippen MR) is 119 cm³/mol. The van der Waals surface area contributed by atoms with Gasteiger partial charge in [-0.1, -0.05) is 0 Å². The van der Waals surface area contributed by atoms with Gasteiger partial charge in [0, 0.05) is 28.2 Å². The zero-order valence-corrected chi connectivity index (χ0v) is 18.9. The lowest BCUT2D eigenvalue weighted by atomic mass is 10.3.